The highest BCUT2D eigenvalue weighted by Crippen LogP contribution is 2.20. The van der Waals surface area contributed by atoms with Crippen molar-refractivity contribution in [3.05, 3.63) is 23.2 Å². The fraction of sp³-hybridized carbons (Fsp3) is 0.615. The Hall–Kier alpha value is -0.950. The number of carbonyl (C=O) groups excluding carboxylic acids is 1. The smallest absolute Gasteiger partial charge is 0.274 e. The van der Waals surface area contributed by atoms with Gasteiger partial charge in [0.2, 0.25) is 0 Å². The van der Waals surface area contributed by atoms with E-state index in [4.69, 9.17) is 11.6 Å². The van der Waals surface area contributed by atoms with E-state index in [-0.39, 0.29) is 18.3 Å². The van der Waals surface area contributed by atoms with Crippen molar-refractivity contribution in [1.29, 1.82) is 0 Å². The van der Waals surface area contributed by atoms with E-state index >= 15 is 0 Å². The van der Waals surface area contributed by atoms with Crippen molar-refractivity contribution in [2.24, 2.45) is 0 Å². The van der Waals surface area contributed by atoms with Crippen LogP contribution in [0.1, 0.15) is 16.9 Å². The second-order valence-electron chi connectivity index (χ2n) is 5.20. The summed E-state index contributed by atoms with van der Waals surface area (Å²) >= 11 is 5.99. The molecular weight excluding hydrogens is 313 g/mol. The van der Waals surface area contributed by atoms with Crippen molar-refractivity contribution in [3.8, 4) is 0 Å². The number of rotatable bonds is 2. The Balaban J connectivity index is 0.00000161. The number of hydrogen-bond acceptors (Lipinski definition) is 5. The Morgan fingerprint density at radius 2 is 2.10 bits per heavy atom. The molecule has 1 unspecified atom stereocenters. The van der Waals surface area contributed by atoms with E-state index in [1.807, 2.05) is 4.90 Å². The lowest BCUT2D eigenvalue weighted by Gasteiger charge is -2.32. The van der Waals surface area contributed by atoms with Crippen molar-refractivity contribution in [2.45, 2.75) is 12.5 Å². The standard InChI is InChI=1S/C13H18ClN5O.ClH/c14-11-7-16-9-17-12(11)13(20)19-4-1-10(8-19)18-5-2-15-3-6-18;/h7,9-10,15H,1-6,8H2;1H. The lowest BCUT2D eigenvalue weighted by atomic mass is 10.2. The number of piperazine rings is 1. The fourth-order valence-electron chi connectivity index (χ4n) is 2.89. The van der Waals surface area contributed by atoms with Crippen LogP contribution in [0.4, 0.5) is 0 Å². The number of likely N-dealkylation sites (tertiary alicyclic amines) is 1. The first-order valence-electron chi connectivity index (χ1n) is 6.95. The second-order valence-corrected chi connectivity index (χ2v) is 5.61. The van der Waals surface area contributed by atoms with Crippen LogP contribution in [0.25, 0.3) is 0 Å². The van der Waals surface area contributed by atoms with Crippen molar-refractivity contribution in [1.82, 2.24) is 25.1 Å². The van der Waals surface area contributed by atoms with Crippen LogP contribution in [0.3, 0.4) is 0 Å². The van der Waals surface area contributed by atoms with Crippen molar-refractivity contribution < 1.29 is 4.79 Å². The summed E-state index contributed by atoms with van der Waals surface area (Å²) in [6.07, 6.45) is 3.85. The van der Waals surface area contributed by atoms with Crippen molar-refractivity contribution >= 4 is 29.9 Å². The number of carbonyl (C=O) groups is 1. The molecule has 2 aliphatic rings. The summed E-state index contributed by atoms with van der Waals surface area (Å²) in [5, 5.41) is 3.67. The Labute approximate surface area is 135 Å². The zero-order chi connectivity index (χ0) is 13.9. The molecule has 3 rings (SSSR count). The zero-order valence-electron chi connectivity index (χ0n) is 11.7. The van der Waals surface area contributed by atoms with Gasteiger partial charge in [-0.15, -0.1) is 12.4 Å². The van der Waals surface area contributed by atoms with Crippen LogP contribution in [0.5, 0.6) is 0 Å². The van der Waals surface area contributed by atoms with Crippen LogP contribution in [0.2, 0.25) is 5.02 Å². The molecule has 0 aromatic carbocycles. The summed E-state index contributed by atoms with van der Waals surface area (Å²) in [7, 11) is 0. The third-order valence-corrected chi connectivity index (χ3v) is 4.27. The predicted octanol–water partition coefficient (Wildman–Crippen LogP) is 0.671. The number of halogens is 2. The maximum absolute atomic E-state index is 12.4. The molecule has 6 nitrogen and oxygen atoms in total. The van der Waals surface area contributed by atoms with E-state index < -0.39 is 0 Å². The Morgan fingerprint density at radius 1 is 1.33 bits per heavy atom. The summed E-state index contributed by atoms with van der Waals surface area (Å²) in [6, 6.07) is 0.460. The number of nitrogens with zero attached hydrogens (tertiary/aromatic N) is 4. The van der Waals surface area contributed by atoms with Gasteiger partial charge in [0.15, 0.2) is 0 Å². The average Bonchev–Trinajstić information content (AvgIpc) is 2.98. The van der Waals surface area contributed by atoms with Crippen LogP contribution in [-0.4, -0.2) is 71.0 Å². The molecular formula is C13H19Cl2N5O. The fourth-order valence-corrected chi connectivity index (χ4v) is 3.08. The minimum Gasteiger partial charge on any atom is -0.336 e. The Morgan fingerprint density at radius 3 is 2.81 bits per heavy atom. The molecule has 0 aliphatic carbocycles. The lowest BCUT2D eigenvalue weighted by Crippen LogP contribution is -2.49. The van der Waals surface area contributed by atoms with E-state index in [0.29, 0.717) is 16.8 Å². The van der Waals surface area contributed by atoms with E-state index in [1.54, 1.807) is 0 Å². The molecule has 0 saturated carbocycles. The van der Waals surface area contributed by atoms with Crippen molar-refractivity contribution in [3.63, 3.8) is 0 Å². The topological polar surface area (TPSA) is 61.4 Å². The van der Waals surface area contributed by atoms with Crippen LogP contribution < -0.4 is 5.32 Å². The van der Waals surface area contributed by atoms with Gasteiger partial charge in [-0.05, 0) is 6.42 Å². The van der Waals surface area contributed by atoms with E-state index in [9.17, 15) is 4.79 Å². The molecule has 2 saturated heterocycles. The molecule has 21 heavy (non-hydrogen) atoms. The predicted molar refractivity (Wildman–Crippen MR) is 83.0 cm³/mol. The van der Waals surface area contributed by atoms with Crippen LogP contribution in [0.15, 0.2) is 12.5 Å². The molecule has 0 radical (unpaired) electrons. The largest absolute Gasteiger partial charge is 0.336 e. The van der Waals surface area contributed by atoms with Gasteiger partial charge < -0.3 is 10.2 Å². The van der Waals surface area contributed by atoms with Gasteiger partial charge in [0.05, 0.1) is 5.02 Å². The van der Waals surface area contributed by atoms with Gasteiger partial charge in [-0.1, -0.05) is 11.6 Å². The monoisotopic (exact) mass is 331 g/mol. The van der Waals surface area contributed by atoms with Gasteiger partial charge >= 0.3 is 0 Å². The molecule has 1 aromatic heterocycles. The number of aromatic nitrogens is 2. The minimum absolute atomic E-state index is 0. The van der Waals surface area contributed by atoms with Crippen LogP contribution in [0, 0.1) is 0 Å². The molecule has 2 aliphatic heterocycles. The third kappa shape index (κ3) is 3.63. The maximum Gasteiger partial charge on any atom is 0.274 e. The molecule has 1 N–H and O–H groups in total. The number of hydrogen-bond donors (Lipinski definition) is 1. The van der Waals surface area contributed by atoms with Gasteiger partial charge in [0, 0.05) is 51.5 Å². The Bertz CT molecular complexity index is 495. The maximum atomic E-state index is 12.4. The molecule has 8 heteroatoms. The summed E-state index contributed by atoms with van der Waals surface area (Å²) in [6.45, 7) is 5.71. The molecule has 0 bridgehead atoms. The summed E-state index contributed by atoms with van der Waals surface area (Å²) in [5.74, 6) is -0.0879. The quantitative estimate of drug-likeness (QED) is 0.863. The SMILES string of the molecule is Cl.O=C(c1ncncc1Cl)N1CCC(N2CCNCC2)C1. The third-order valence-electron chi connectivity index (χ3n) is 3.99. The molecule has 1 amide bonds. The summed E-state index contributed by atoms with van der Waals surface area (Å²) < 4.78 is 0. The second kappa shape index (κ2) is 7.35. The zero-order valence-corrected chi connectivity index (χ0v) is 13.2. The molecule has 2 fully saturated rings. The van der Waals surface area contributed by atoms with Gasteiger partial charge in [0.25, 0.3) is 5.91 Å². The summed E-state index contributed by atoms with van der Waals surface area (Å²) in [4.78, 5) is 24.5. The first kappa shape index (κ1) is 16.4. The van der Waals surface area contributed by atoms with Gasteiger partial charge in [-0.25, -0.2) is 9.97 Å². The Kier molecular flexibility index (Phi) is 5.75. The highest BCUT2D eigenvalue weighted by atomic mass is 35.5. The highest BCUT2D eigenvalue weighted by Gasteiger charge is 2.32. The van der Waals surface area contributed by atoms with Crippen LogP contribution >= 0.6 is 24.0 Å². The first-order chi connectivity index (χ1) is 9.75. The number of nitrogens with one attached hydrogen (secondary N) is 1. The molecule has 3 heterocycles. The molecule has 116 valence electrons. The van der Waals surface area contributed by atoms with Gasteiger partial charge in [-0.3, -0.25) is 9.69 Å². The molecule has 0 spiro atoms. The van der Waals surface area contributed by atoms with Gasteiger partial charge in [0.1, 0.15) is 12.0 Å². The minimum atomic E-state index is -0.0879. The normalized spacial score (nSPS) is 22.9. The molecule has 1 atom stereocenters. The van der Waals surface area contributed by atoms with Gasteiger partial charge in [-0.2, -0.15) is 0 Å². The summed E-state index contributed by atoms with van der Waals surface area (Å²) in [5.41, 5.74) is 0.308. The van der Waals surface area contributed by atoms with E-state index in [1.165, 1.54) is 12.5 Å². The van der Waals surface area contributed by atoms with Crippen LogP contribution in [-0.2, 0) is 0 Å². The van der Waals surface area contributed by atoms with E-state index in [0.717, 1.165) is 45.7 Å². The van der Waals surface area contributed by atoms with E-state index in [2.05, 4.69) is 20.2 Å². The lowest BCUT2D eigenvalue weighted by molar-refractivity contribution is 0.0767. The number of amides is 1. The van der Waals surface area contributed by atoms with Crippen molar-refractivity contribution in [2.75, 3.05) is 39.3 Å². The average molecular weight is 332 g/mol. The highest BCUT2D eigenvalue weighted by molar-refractivity contribution is 6.33. The first-order valence-corrected chi connectivity index (χ1v) is 7.33. The molecule has 1 aromatic rings.